The van der Waals surface area contributed by atoms with Crippen LogP contribution in [0.4, 0.5) is 0 Å². The van der Waals surface area contributed by atoms with Crippen LogP contribution in [-0.4, -0.2) is 13.1 Å². The van der Waals surface area contributed by atoms with Crippen molar-refractivity contribution in [1.29, 1.82) is 0 Å². The van der Waals surface area contributed by atoms with Gasteiger partial charge in [0.15, 0.2) is 0 Å². The highest BCUT2D eigenvalue weighted by Crippen LogP contribution is 2.15. The van der Waals surface area contributed by atoms with Crippen LogP contribution in [-0.2, 0) is 13.1 Å². The standard InChI is InChI=1S/C44H84N2/c1-3-5-7-9-11-13-15-17-19-21-23-25-27-29-31-35-39-45-41-43-37-33-34-38-44(43)42-46-40-36-32-30-28-26-24-22-20-18-16-14-12-10-8-6-4-2/h33-34,37-38,45-46H,3-32,35-36,39-42H2,1-2H3/p+2. The van der Waals surface area contributed by atoms with E-state index in [2.05, 4.69) is 48.7 Å². The molecule has 46 heavy (non-hydrogen) atoms. The quantitative estimate of drug-likeness (QED) is 0.0673. The molecule has 0 unspecified atom stereocenters. The molecule has 4 N–H and O–H groups in total. The lowest BCUT2D eigenvalue weighted by atomic mass is 10.0. The minimum atomic E-state index is 1.15. The van der Waals surface area contributed by atoms with E-state index in [0.717, 1.165) is 13.1 Å². The van der Waals surface area contributed by atoms with E-state index >= 15 is 0 Å². The van der Waals surface area contributed by atoms with Gasteiger partial charge in [-0.25, -0.2) is 0 Å². The van der Waals surface area contributed by atoms with Crippen LogP contribution in [0.5, 0.6) is 0 Å². The summed E-state index contributed by atoms with van der Waals surface area (Å²) in [5.74, 6) is 0. The first-order chi connectivity index (χ1) is 22.9. The first-order valence-corrected chi connectivity index (χ1v) is 21.6. The molecule has 1 aromatic carbocycles. The van der Waals surface area contributed by atoms with Crippen LogP contribution in [0.15, 0.2) is 24.3 Å². The number of quaternary nitrogens is 2. The van der Waals surface area contributed by atoms with Gasteiger partial charge in [0.1, 0.15) is 13.1 Å². The molecule has 2 heteroatoms. The zero-order valence-electron chi connectivity index (χ0n) is 31.9. The van der Waals surface area contributed by atoms with Crippen molar-refractivity contribution in [2.75, 3.05) is 13.1 Å². The van der Waals surface area contributed by atoms with Crippen LogP contribution >= 0.6 is 0 Å². The average Bonchev–Trinajstić information content (AvgIpc) is 3.07. The van der Waals surface area contributed by atoms with E-state index in [9.17, 15) is 0 Å². The summed E-state index contributed by atoms with van der Waals surface area (Å²) in [6.07, 6.45) is 46.4. The third kappa shape index (κ3) is 30.5. The molecule has 1 aromatic rings. The summed E-state index contributed by atoms with van der Waals surface area (Å²) in [7, 11) is 0. The van der Waals surface area contributed by atoms with Crippen molar-refractivity contribution in [2.45, 2.75) is 232 Å². The molecule has 1 rings (SSSR count). The molecule has 0 aliphatic carbocycles. The van der Waals surface area contributed by atoms with Gasteiger partial charge >= 0.3 is 0 Å². The molecule has 0 saturated heterocycles. The lowest BCUT2D eigenvalue weighted by Gasteiger charge is -2.09. The van der Waals surface area contributed by atoms with Gasteiger partial charge in [-0.15, -0.1) is 0 Å². The third-order valence-corrected chi connectivity index (χ3v) is 10.4. The van der Waals surface area contributed by atoms with Crippen molar-refractivity contribution in [3.8, 4) is 0 Å². The van der Waals surface area contributed by atoms with Gasteiger partial charge in [0.2, 0.25) is 0 Å². The van der Waals surface area contributed by atoms with Crippen LogP contribution in [0.3, 0.4) is 0 Å². The van der Waals surface area contributed by atoms with Gasteiger partial charge in [-0.3, -0.25) is 0 Å². The number of hydrogen-bond acceptors (Lipinski definition) is 0. The Hall–Kier alpha value is -0.860. The first-order valence-electron chi connectivity index (χ1n) is 21.6. The maximum Gasteiger partial charge on any atom is 0.102 e. The lowest BCUT2D eigenvalue weighted by molar-refractivity contribution is -0.676. The Bertz CT molecular complexity index is 642. The Morgan fingerprint density at radius 1 is 0.304 bits per heavy atom. The molecule has 0 heterocycles. The summed E-state index contributed by atoms with van der Waals surface area (Å²) in [6, 6.07) is 9.19. The summed E-state index contributed by atoms with van der Waals surface area (Å²) in [4.78, 5) is 0. The topological polar surface area (TPSA) is 33.2 Å². The second-order valence-corrected chi connectivity index (χ2v) is 14.9. The van der Waals surface area contributed by atoms with Crippen molar-refractivity contribution in [2.24, 2.45) is 0 Å². The Balaban J connectivity index is 1.85. The fourth-order valence-corrected chi connectivity index (χ4v) is 7.14. The maximum absolute atomic E-state index is 2.55. The first kappa shape index (κ1) is 43.2. The molecule has 0 aliphatic rings. The van der Waals surface area contributed by atoms with E-state index in [1.807, 2.05) is 0 Å². The summed E-state index contributed by atoms with van der Waals surface area (Å²) in [5, 5.41) is 5.11. The van der Waals surface area contributed by atoms with Crippen LogP contribution in [0.1, 0.15) is 230 Å². The molecule has 0 spiro atoms. The molecule has 0 bridgehead atoms. The zero-order valence-corrected chi connectivity index (χ0v) is 31.9. The van der Waals surface area contributed by atoms with Crippen molar-refractivity contribution in [3.05, 3.63) is 35.4 Å². The number of benzene rings is 1. The highest BCUT2D eigenvalue weighted by molar-refractivity contribution is 5.25. The van der Waals surface area contributed by atoms with Crippen LogP contribution in [0.2, 0.25) is 0 Å². The van der Waals surface area contributed by atoms with Gasteiger partial charge in [0.25, 0.3) is 0 Å². The predicted molar refractivity (Wildman–Crippen MR) is 207 cm³/mol. The Morgan fingerprint density at radius 3 is 0.761 bits per heavy atom. The molecular formula is C44H86N2+2. The van der Waals surface area contributed by atoms with Crippen LogP contribution < -0.4 is 10.6 Å². The minimum absolute atomic E-state index is 1.15. The average molecular weight is 643 g/mol. The van der Waals surface area contributed by atoms with Crippen molar-refractivity contribution < 1.29 is 10.6 Å². The van der Waals surface area contributed by atoms with Gasteiger partial charge in [0.05, 0.1) is 13.1 Å². The van der Waals surface area contributed by atoms with E-state index in [1.165, 1.54) is 219 Å². The zero-order chi connectivity index (χ0) is 32.9. The largest absolute Gasteiger partial charge is 0.342 e. The second-order valence-electron chi connectivity index (χ2n) is 14.9. The van der Waals surface area contributed by atoms with Gasteiger partial charge in [-0.2, -0.15) is 0 Å². The normalized spacial score (nSPS) is 11.5. The Morgan fingerprint density at radius 2 is 0.522 bits per heavy atom. The van der Waals surface area contributed by atoms with Crippen molar-refractivity contribution in [1.82, 2.24) is 0 Å². The van der Waals surface area contributed by atoms with Crippen LogP contribution in [0, 0.1) is 0 Å². The molecule has 0 amide bonds. The second kappa shape index (κ2) is 37.0. The van der Waals surface area contributed by atoms with E-state index < -0.39 is 0 Å². The molecule has 0 aliphatic heterocycles. The fourth-order valence-electron chi connectivity index (χ4n) is 7.14. The van der Waals surface area contributed by atoms with Crippen LogP contribution in [0.25, 0.3) is 0 Å². The monoisotopic (exact) mass is 643 g/mol. The Kier molecular flexibility index (Phi) is 34.7. The molecule has 0 atom stereocenters. The third-order valence-electron chi connectivity index (χ3n) is 10.4. The van der Waals surface area contributed by atoms with E-state index in [1.54, 1.807) is 11.1 Å². The summed E-state index contributed by atoms with van der Waals surface area (Å²) in [5.41, 5.74) is 3.12. The molecule has 0 aromatic heterocycles. The predicted octanol–water partition coefficient (Wildman–Crippen LogP) is 12.3. The summed E-state index contributed by atoms with van der Waals surface area (Å²) < 4.78 is 0. The van der Waals surface area contributed by atoms with E-state index in [-0.39, 0.29) is 0 Å². The number of unbranched alkanes of at least 4 members (excludes halogenated alkanes) is 30. The number of rotatable bonds is 38. The molecule has 0 radical (unpaired) electrons. The van der Waals surface area contributed by atoms with Crippen molar-refractivity contribution >= 4 is 0 Å². The van der Waals surface area contributed by atoms with Gasteiger partial charge in [0, 0.05) is 11.1 Å². The summed E-state index contributed by atoms with van der Waals surface area (Å²) >= 11 is 0. The Labute approximate surface area is 290 Å². The maximum atomic E-state index is 2.55. The highest BCUT2D eigenvalue weighted by Gasteiger charge is 2.05. The SMILES string of the molecule is CCCCCCCCCCCCCCCCCC[NH2+]Cc1ccccc1C[NH2+]CCCCCCCCCCCCCCCCCC. The molecule has 0 fully saturated rings. The van der Waals surface area contributed by atoms with Gasteiger partial charge in [-0.05, 0) is 25.7 Å². The smallest absolute Gasteiger partial charge is 0.102 e. The van der Waals surface area contributed by atoms with Crippen molar-refractivity contribution in [3.63, 3.8) is 0 Å². The van der Waals surface area contributed by atoms with Gasteiger partial charge < -0.3 is 10.6 Å². The molecule has 2 nitrogen and oxygen atoms in total. The summed E-state index contributed by atoms with van der Waals surface area (Å²) in [6.45, 7) is 9.50. The molecule has 270 valence electrons. The van der Waals surface area contributed by atoms with E-state index in [4.69, 9.17) is 0 Å². The highest BCUT2D eigenvalue weighted by atomic mass is 14.9. The number of nitrogens with two attached hydrogens (primary N) is 2. The van der Waals surface area contributed by atoms with Gasteiger partial charge in [-0.1, -0.05) is 218 Å². The minimum Gasteiger partial charge on any atom is -0.342 e. The fraction of sp³-hybridized carbons (Fsp3) is 0.864. The molecule has 0 saturated carbocycles. The number of hydrogen-bond donors (Lipinski definition) is 2. The lowest BCUT2D eigenvalue weighted by Crippen LogP contribution is -2.84. The molecular weight excluding hydrogens is 556 g/mol. The van der Waals surface area contributed by atoms with E-state index in [0.29, 0.717) is 0 Å².